The van der Waals surface area contributed by atoms with Gasteiger partial charge in [0.2, 0.25) is 5.91 Å². The molecule has 3 rings (SSSR count). The molecular weight excluding hydrogens is 328 g/mol. The molecule has 0 N–H and O–H groups in total. The Balaban J connectivity index is 1.74. The molecule has 0 unspecified atom stereocenters. The quantitative estimate of drug-likeness (QED) is 0.836. The maximum Gasteiger partial charge on any atom is 0.269 e. The predicted molar refractivity (Wildman–Crippen MR) is 88.9 cm³/mol. The molecule has 0 bridgehead atoms. The Hall–Kier alpha value is -1.89. The fourth-order valence-corrected chi connectivity index (χ4v) is 5.26. The minimum Gasteiger partial charge on any atom is -0.337 e. The van der Waals surface area contributed by atoms with Crippen molar-refractivity contribution in [2.75, 3.05) is 6.54 Å². The van der Waals surface area contributed by atoms with Crippen molar-refractivity contribution in [3.8, 4) is 0 Å². The zero-order valence-corrected chi connectivity index (χ0v) is 14.8. The van der Waals surface area contributed by atoms with Gasteiger partial charge in [-0.3, -0.25) is 9.59 Å². The molecule has 2 heterocycles. The van der Waals surface area contributed by atoms with E-state index in [-0.39, 0.29) is 41.4 Å². The Morgan fingerprint density at radius 2 is 1.79 bits per heavy atom. The van der Waals surface area contributed by atoms with Crippen LogP contribution in [0.15, 0.2) is 29.2 Å². The fourth-order valence-electron chi connectivity index (χ4n) is 3.69. The highest BCUT2D eigenvalue weighted by Gasteiger charge is 2.41. The smallest absolute Gasteiger partial charge is 0.269 e. The molecule has 0 aromatic heterocycles. The lowest BCUT2D eigenvalue weighted by Gasteiger charge is -2.39. The molecule has 0 aliphatic carbocycles. The number of sulfonamides is 1. The maximum absolute atomic E-state index is 12.6. The summed E-state index contributed by atoms with van der Waals surface area (Å²) in [5.41, 5.74) is 0.185. The van der Waals surface area contributed by atoms with Gasteiger partial charge >= 0.3 is 0 Å². The lowest BCUT2D eigenvalue weighted by atomic mass is 9.97. The van der Waals surface area contributed by atoms with E-state index in [0.717, 1.165) is 23.6 Å². The summed E-state index contributed by atoms with van der Waals surface area (Å²) in [5, 5.41) is 0. The third-order valence-electron chi connectivity index (χ3n) is 4.92. The van der Waals surface area contributed by atoms with Crippen LogP contribution < -0.4 is 0 Å². The lowest BCUT2D eigenvalue weighted by molar-refractivity contribution is -0.137. The van der Waals surface area contributed by atoms with Crippen LogP contribution >= 0.6 is 0 Å². The molecule has 0 saturated carbocycles. The fraction of sp³-hybridized carbons (Fsp3) is 0.529. The molecule has 6 nitrogen and oxygen atoms in total. The van der Waals surface area contributed by atoms with Gasteiger partial charge in [-0.15, -0.1) is 0 Å². The monoisotopic (exact) mass is 350 g/mol. The number of hydrogen-bond acceptors (Lipinski definition) is 4. The highest BCUT2D eigenvalue weighted by molar-refractivity contribution is 7.90. The first kappa shape index (κ1) is 17.0. The van der Waals surface area contributed by atoms with E-state index in [1.54, 1.807) is 12.1 Å². The largest absolute Gasteiger partial charge is 0.337 e. The van der Waals surface area contributed by atoms with Crippen molar-refractivity contribution >= 4 is 21.8 Å². The average Bonchev–Trinajstić information content (AvgIpc) is 2.73. The second kappa shape index (κ2) is 6.20. The van der Waals surface area contributed by atoms with Gasteiger partial charge in [-0.2, -0.15) is 0 Å². The number of fused-ring (bicyclic) bond motifs is 1. The predicted octanol–water partition coefficient (Wildman–Crippen LogP) is 2.01. The molecule has 7 heteroatoms. The van der Waals surface area contributed by atoms with Crippen LogP contribution in [-0.2, 0) is 14.8 Å². The molecule has 1 saturated heterocycles. The number of nitrogens with zero attached hydrogens (tertiary/aromatic N) is 2. The lowest BCUT2D eigenvalue weighted by Crippen LogP contribution is -2.48. The normalized spacial score (nSPS) is 25.7. The Morgan fingerprint density at radius 3 is 2.42 bits per heavy atom. The first-order valence-electron chi connectivity index (χ1n) is 8.31. The topological polar surface area (TPSA) is 74.8 Å². The van der Waals surface area contributed by atoms with Gasteiger partial charge in [0.25, 0.3) is 15.9 Å². The SMILES string of the molecule is C[C@@H]1CCC[C@@H](C)N1C(=O)CCN1C(=O)c2ccccc2S1(=O)=O. The molecule has 1 aromatic rings. The summed E-state index contributed by atoms with van der Waals surface area (Å²) in [6.45, 7) is 3.92. The van der Waals surface area contributed by atoms with Gasteiger partial charge in [0, 0.05) is 25.0 Å². The molecule has 130 valence electrons. The average molecular weight is 350 g/mol. The maximum atomic E-state index is 12.6. The van der Waals surface area contributed by atoms with E-state index in [9.17, 15) is 18.0 Å². The van der Waals surface area contributed by atoms with Gasteiger partial charge in [0.15, 0.2) is 0 Å². The van der Waals surface area contributed by atoms with Crippen molar-refractivity contribution in [1.29, 1.82) is 0 Å². The Morgan fingerprint density at radius 1 is 1.17 bits per heavy atom. The second-order valence-corrected chi connectivity index (χ2v) is 8.39. The van der Waals surface area contributed by atoms with Crippen LogP contribution in [0.5, 0.6) is 0 Å². The number of carbonyl (C=O) groups excluding carboxylic acids is 2. The van der Waals surface area contributed by atoms with Crippen LogP contribution in [0.3, 0.4) is 0 Å². The number of rotatable bonds is 3. The van der Waals surface area contributed by atoms with E-state index >= 15 is 0 Å². The van der Waals surface area contributed by atoms with Crippen molar-refractivity contribution < 1.29 is 18.0 Å². The molecule has 1 aromatic carbocycles. The summed E-state index contributed by atoms with van der Waals surface area (Å²) in [4.78, 5) is 26.8. The minimum atomic E-state index is -3.84. The third kappa shape index (κ3) is 2.70. The second-order valence-electron chi connectivity index (χ2n) is 6.56. The number of hydrogen-bond donors (Lipinski definition) is 0. The van der Waals surface area contributed by atoms with Crippen LogP contribution in [0.2, 0.25) is 0 Å². The van der Waals surface area contributed by atoms with Gasteiger partial charge < -0.3 is 4.90 Å². The summed E-state index contributed by atoms with van der Waals surface area (Å²) in [5.74, 6) is -0.633. The number of piperidine rings is 1. The van der Waals surface area contributed by atoms with Gasteiger partial charge in [0.05, 0.1) is 5.56 Å². The number of carbonyl (C=O) groups is 2. The minimum absolute atomic E-state index is 0.0215. The molecule has 2 amide bonds. The van der Waals surface area contributed by atoms with Gasteiger partial charge in [0.1, 0.15) is 4.90 Å². The van der Waals surface area contributed by atoms with Gasteiger partial charge in [-0.25, -0.2) is 12.7 Å². The standard InChI is InChI=1S/C17H22N2O4S/c1-12-6-5-7-13(2)19(12)16(20)10-11-18-17(21)14-8-3-4-9-15(14)24(18,22)23/h3-4,8-9,12-13H,5-7,10-11H2,1-2H3/t12-,13-/m1/s1. The highest BCUT2D eigenvalue weighted by Crippen LogP contribution is 2.30. The molecule has 24 heavy (non-hydrogen) atoms. The summed E-state index contributed by atoms with van der Waals surface area (Å²) >= 11 is 0. The zero-order chi connectivity index (χ0) is 17.5. The Bertz CT molecular complexity index is 765. The number of amides is 2. The molecule has 0 spiro atoms. The van der Waals surface area contributed by atoms with E-state index in [2.05, 4.69) is 0 Å². The van der Waals surface area contributed by atoms with Gasteiger partial charge in [-0.1, -0.05) is 12.1 Å². The van der Waals surface area contributed by atoms with Crippen molar-refractivity contribution in [1.82, 2.24) is 9.21 Å². The first-order chi connectivity index (χ1) is 11.3. The third-order valence-corrected chi connectivity index (χ3v) is 6.76. The van der Waals surface area contributed by atoms with E-state index in [4.69, 9.17) is 0 Å². The van der Waals surface area contributed by atoms with Crippen molar-refractivity contribution in [3.05, 3.63) is 29.8 Å². The molecule has 1 fully saturated rings. The van der Waals surface area contributed by atoms with E-state index in [1.165, 1.54) is 12.1 Å². The molecule has 0 radical (unpaired) electrons. The van der Waals surface area contributed by atoms with E-state index in [0.29, 0.717) is 0 Å². The molecule has 2 aliphatic rings. The summed E-state index contributed by atoms with van der Waals surface area (Å²) in [7, 11) is -3.84. The molecule has 2 atom stereocenters. The van der Waals surface area contributed by atoms with Crippen molar-refractivity contribution in [2.24, 2.45) is 0 Å². The van der Waals surface area contributed by atoms with Crippen molar-refractivity contribution in [2.45, 2.75) is 56.5 Å². The Kier molecular flexibility index (Phi) is 4.38. The van der Waals surface area contributed by atoms with Crippen LogP contribution in [0.25, 0.3) is 0 Å². The van der Waals surface area contributed by atoms with Crippen LogP contribution in [0.4, 0.5) is 0 Å². The van der Waals surface area contributed by atoms with Crippen LogP contribution in [-0.4, -0.2) is 48.1 Å². The molecular formula is C17H22N2O4S. The van der Waals surface area contributed by atoms with Crippen LogP contribution in [0.1, 0.15) is 49.9 Å². The summed E-state index contributed by atoms with van der Waals surface area (Å²) < 4.78 is 25.8. The highest BCUT2D eigenvalue weighted by atomic mass is 32.2. The number of benzene rings is 1. The number of likely N-dealkylation sites (tertiary alicyclic amines) is 1. The first-order valence-corrected chi connectivity index (χ1v) is 9.75. The zero-order valence-electron chi connectivity index (χ0n) is 13.9. The molecule has 2 aliphatic heterocycles. The van der Waals surface area contributed by atoms with Crippen LogP contribution in [0, 0.1) is 0 Å². The van der Waals surface area contributed by atoms with Crippen molar-refractivity contribution in [3.63, 3.8) is 0 Å². The summed E-state index contributed by atoms with van der Waals surface area (Å²) in [6, 6.07) is 6.48. The summed E-state index contributed by atoms with van der Waals surface area (Å²) in [6.07, 6.45) is 3.04. The Labute approximate surface area is 142 Å². The van der Waals surface area contributed by atoms with E-state index < -0.39 is 15.9 Å². The van der Waals surface area contributed by atoms with Gasteiger partial charge in [-0.05, 0) is 45.2 Å². The van der Waals surface area contributed by atoms with E-state index in [1.807, 2.05) is 18.7 Å².